The summed E-state index contributed by atoms with van der Waals surface area (Å²) in [7, 11) is 0. The molecule has 0 bridgehead atoms. The normalized spacial score (nSPS) is 12.1. The third-order valence-corrected chi connectivity index (χ3v) is 3.23. The summed E-state index contributed by atoms with van der Waals surface area (Å²) in [5, 5.41) is 14.3. The van der Waals surface area contributed by atoms with Gasteiger partial charge in [0.05, 0.1) is 0 Å². The first-order valence-corrected chi connectivity index (χ1v) is 8.24. The first-order chi connectivity index (χ1) is 11.7. The second kappa shape index (κ2) is 9.66. The van der Waals surface area contributed by atoms with Gasteiger partial charge in [0.1, 0.15) is 11.6 Å². The predicted molar refractivity (Wildman–Crippen MR) is 93.4 cm³/mol. The van der Waals surface area contributed by atoms with E-state index in [2.05, 4.69) is 10.6 Å². The number of carboxylic acids is 1. The maximum atomic E-state index is 11.8. The molecule has 0 aliphatic carbocycles. The van der Waals surface area contributed by atoms with Gasteiger partial charge in [-0.05, 0) is 52.2 Å². The fraction of sp³-hybridized carbons (Fsp3) is 0.500. The van der Waals surface area contributed by atoms with Crippen LogP contribution in [-0.4, -0.2) is 41.3 Å². The van der Waals surface area contributed by atoms with E-state index in [4.69, 9.17) is 4.74 Å². The van der Waals surface area contributed by atoms with Crippen LogP contribution in [-0.2, 0) is 9.53 Å². The van der Waals surface area contributed by atoms with Gasteiger partial charge in [-0.15, -0.1) is 0 Å². The second-order valence-electron chi connectivity index (χ2n) is 6.65. The molecule has 1 aromatic carbocycles. The van der Waals surface area contributed by atoms with E-state index in [9.17, 15) is 19.5 Å². The molecule has 0 fully saturated rings. The third-order valence-electron chi connectivity index (χ3n) is 3.23. The number of aliphatic carboxylic acids is 1. The number of carbonyl (C=O) groups excluding carboxylic acids is 2. The summed E-state index contributed by atoms with van der Waals surface area (Å²) >= 11 is 0. The van der Waals surface area contributed by atoms with Crippen molar-refractivity contribution >= 4 is 18.0 Å². The SMILES string of the molecule is CC(C)(C)OC(=O)NC(CCCCNC(=O)c1ccccc1)C(=O)O. The molecule has 1 atom stereocenters. The minimum absolute atomic E-state index is 0.165. The Balaban J connectivity index is 2.30. The van der Waals surface area contributed by atoms with Gasteiger partial charge in [-0.2, -0.15) is 0 Å². The summed E-state index contributed by atoms with van der Waals surface area (Å²) in [4.78, 5) is 34.7. The zero-order chi connectivity index (χ0) is 18.9. The van der Waals surface area contributed by atoms with Crippen LogP contribution >= 0.6 is 0 Å². The molecule has 0 heterocycles. The zero-order valence-electron chi connectivity index (χ0n) is 14.9. The van der Waals surface area contributed by atoms with Crippen molar-refractivity contribution in [2.45, 2.75) is 51.7 Å². The van der Waals surface area contributed by atoms with E-state index in [1.165, 1.54) is 0 Å². The predicted octanol–water partition coefficient (Wildman–Crippen LogP) is 2.56. The molecule has 138 valence electrons. The van der Waals surface area contributed by atoms with Crippen LogP contribution in [0.4, 0.5) is 4.79 Å². The van der Waals surface area contributed by atoms with Crippen molar-refractivity contribution in [3.05, 3.63) is 35.9 Å². The van der Waals surface area contributed by atoms with Crippen molar-refractivity contribution in [1.82, 2.24) is 10.6 Å². The quantitative estimate of drug-likeness (QED) is 0.625. The van der Waals surface area contributed by atoms with E-state index in [0.29, 0.717) is 24.9 Å². The number of nitrogens with one attached hydrogen (secondary N) is 2. The number of hydrogen-bond acceptors (Lipinski definition) is 4. The molecule has 3 N–H and O–H groups in total. The maximum Gasteiger partial charge on any atom is 0.408 e. The van der Waals surface area contributed by atoms with Gasteiger partial charge < -0.3 is 20.5 Å². The Morgan fingerprint density at radius 3 is 2.32 bits per heavy atom. The van der Waals surface area contributed by atoms with Gasteiger partial charge in [0.25, 0.3) is 5.91 Å². The molecule has 0 saturated heterocycles. The minimum atomic E-state index is -1.11. The summed E-state index contributed by atoms with van der Waals surface area (Å²) in [5.41, 5.74) is -0.105. The molecule has 25 heavy (non-hydrogen) atoms. The van der Waals surface area contributed by atoms with Crippen molar-refractivity contribution in [3.63, 3.8) is 0 Å². The average molecular weight is 350 g/mol. The number of benzene rings is 1. The molecule has 1 aromatic rings. The van der Waals surface area contributed by atoms with Crippen LogP contribution in [0.15, 0.2) is 30.3 Å². The summed E-state index contributed by atoms with van der Waals surface area (Å²) < 4.78 is 5.06. The van der Waals surface area contributed by atoms with Crippen molar-refractivity contribution in [2.24, 2.45) is 0 Å². The summed E-state index contributed by atoms with van der Waals surface area (Å²) in [6.07, 6.45) is 0.660. The molecule has 0 aliphatic rings. The van der Waals surface area contributed by atoms with Crippen LogP contribution in [0.2, 0.25) is 0 Å². The van der Waals surface area contributed by atoms with Gasteiger partial charge >= 0.3 is 12.1 Å². The van der Waals surface area contributed by atoms with Crippen LogP contribution in [0.5, 0.6) is 0 Å². The van der Waals surface area contributed by atoms with Gasteiger partial charge in [-0.25, -0.2) is 9.59 Å². The number of rotatable bonds is 8. The first kappa shape index (κ1) is 20.5. The van der Waals surface area contributed by atoms with Crippen LogP contribution in [0, 0.1) is 0 Å². The summed E-state index contributed by atoms with van der Waals surface area (Å²) in [6, 6.07) is 7.84. The molecule has 1 rings (SSSR count). The first-order valence-electron chi connectivity index (χ1n) is 8.24. The lowest BCUT2D eigenvalue weighted by atomic mass is 10.1. The Morgan fingerprint density at radius 2 is 1.76 bits per heavy atom. The van der Waals surface area contributed by atoms with E-state index in [1.54, 1.807) is 45.0 Å². The molecule has 0 radical (unpaired) electrons. The van der Waals surface area contributed by atoms with Crippen LogP contribution in [0.25, 0.3) is 0 Å². The van der Waals surface area contributed by atoms with Gasteiger partial charge in [0, 0.05) is 12.1 Å². The highest BCUT2D eigenvalue weighted by molar-refractivity contribution is 5.94. The fourth-order valence-electron chi connectivity index (χ4n) is 2.07. The summed E-state index contributed by atoms with van der Waals surface area (Å²) in [5.74, 6) is -1.28. The number of ether oxygens (including phenoxy) is 1. The topological polar surface area (TPSA) is 105 Å². The maximum absolute atomic E-state index is 11.8. The molecular formula is C18H26N2O5. The third kappa shape index (κ3) is 8.74. The minimum Gasteiger partial charge on any atom is -0.480 e. The lowest BCUT2D eigenvalue weighted by molar-refractivity contribution is -0.139. The number of alkyl carbamates (subject to hydrolysis) is 1. The molecule has 1 unspecified atom stereocenters. The van der Waals surface area contributed by atoms with E-state index in [-0.39, 0.29) is 12.3 Å². The Hall–Kier alpha value is -2.57. The van der Waals surface area contributed by atoms with Crippen molar-refractivity contribution < 1.29 is 24.2 Å². The Bertz CT molecular complexity index is 581. The van der Waals surface area contributed by atoms with E-state index in [1.807, 2.05) is 6.07 Å². The molecule has 0 saturated carbocycles. The molecule has 2 amide bonds. The monoisotopic (exact) mass is 350 g/mol. The lowest BCUT2D eigenvalue weighted by Crippen LogP contribution is -2.43. The number of carboxylic acid groups (broad SMARTS) is 1. The van der Waals surface area contributed by atoms with Gasteiger partial charge in [0.15, 0.2) is 0 Å². The molecule has 7 nitrogen and oxygen atoms in total. The van der Waals surface area contributed by atoms with Gasteiger partial charge in [-0.3, -0.25) is 4.79 Å². The van der Waals surface area contributed by atoms with Crippen molar-refractivity contribution in [1.29, 1.82) is 0 Å². The lowest BCUT2D eigenvalue weighted by Gasteiger charge is -2.22. The van der Waals surface area contributed by atoms with Crippen molar-refractivity contribution in [3.8, 4) is 0 Å². The van der Waals surface area contributed by atoms with E-state index in [0.717, 1.165) is 0 Å². The standard InChI is InChI=1S/C18H26N2O5/c1-18(2,3)25-17(24)20-14(16(22)23)11-7-8-12-19-15(21)13-9-5-4-6-10-13/h4-6,9-10,14H,7-8,11-12H2,1-3H3,(H,19,21)(H,20,24)(H,22,23). The highest BCUT2D eigenvalue weighted by atomic mass is 16.6. The Kier molecular flexibility index (Phi) is 7.91. The van der Waals surface area contributed by atoms with E-state index >= 15 is 0 Å². The Labute approximate surface area is 147 Å². The number of carbonyl (C=O) groups is 3. The number of hydrogen-bond donors (Lipinski definition) is 3. The van der Waals surface area contributed by atoms with Gasteiger partial charge in [-0.1, -0.05) is 18.2 Å². The number of amides is 2. The van der Waals surface area contributed by atoms with Crippen LogP contribution in [0.3, 0.4) is 0 Å². The molecule has 7 heteroatoms. The number of unbranched alkanes of at least 4 members (excludes halogenated alkanes) is 1. The summed E-state index contributed by atoms with van der Waals surface area (Å²) in [6.45, 7) is 5.56. The zero-order valence-corrected chi connectivity index (χ0v) is 14.9. The second-order valence-corrected chi connectivity index (χ2v) is 6.65. The Morgan fingerprint density at radius 1 is 1.12 bits per heavy atom. The highest BCUT2D eigenvalue weighted by Crippen LogP contribution is 2.08. The molecule has 0 aromatic heterocycles. The largest absolute Gasteiger partial charge is 0.480 e. The molecule has 0 spiro atoms. The highest BCUT2D eigenvalue weighted by Gasteiger charge is 2.23. The average Bonchev–Trinajstić information content (AvgIpc) is 2.52. The van der Waals surface area contributed by atoms with Crippen LogP contribution < -0.4 is 10.6 Å². The van der Waals surface area contributed by atoms with Crippen LogP contribution in [0.1, 0.15) is 50.4 Å². The smallest absolute Gasteiger partial charge is 0.408 e. The van der Waals surface area contributed by atoms with E-state index < -0.39 is 23.7 Å². The molecule has 0 aliphatic heterocycles. The van der Waals surface area contributed by atoms with Crippen molar-refractivity contribution in [2.75, 3.05) is 6.54 Å². The van der Waals surface area contributed by atoms with Gasteiger partial charge in [0.2, 0.25) is 0 Å². The fourth-order valence-corrected chi connectivity index (χ4v) is 2.07. The molecular weight excluding hydrogens is 324 g/mol.